The Hall–Kier alpha value is -5.68. The summed E-state index contributed by atoms with van der Waals surface area (Å²) in [5.41, 5.74) is -0.673. The van der Waals surface area contributed by atoms with Crippen molar-refractivity contribution in [1.82, 2.24) is 19.9 Å². The first-order chi connectivity index (χ1) is 14.9. The minimum atomic E-state index is -0.278. The van der Waals surface area contributed by atoms with Gasteiger partial charge in [0.1, 0.15) is 58.8 Å². The minimum Gasteiger partial charge on any atom is -0.234 e. The molecule has 0 aliphatic heterocycles. The molecular weight excluding hydrogens is 392 g/mol. The van der Waals surface area contributed by atoms with Crippen LogP contribution >= 0.6 is 0 Å². The van der Waals surface area contributed by atoms with Crippen molar-refractivity contribution in [2.45, 2.75) is 6.92 Å². The van der Waals surface area contributed by atoms with Crippen LogP contribution in [0.2, 0.25) is 0 Å². The summed E-state index contributed by atoms with van der Waals surface area (Å²) in [7, 11) is 0. The highest BCUT2D eigenvalue weighted by Gasteiger charge is 2.33. The number of aliphatic imine (C=N–C) groups is 1. The Kier molecular flexibility index (Phi) is 5.01. The molecule has 1 aliphatic carbocycles. The fourth-order valence-electron chi connectivity index (χ4n) is 2.64. The zero-order chi connectivity index (χ0) is 22.7. The topological polar surface area (TPSA) is 183 Å². The van der Waals surface area contributed by atoms with Crippen LogP contribution in [0.15, 0.2) is 22.8 Å². The molecule has 10 nitrogen and oxygen atoms in total. The van der Waals surface area contributed by atoms with E-state index in [9.17, 15) is 26.3 Å². The number of rotatable bonds is 1. The van der Waals surface area contributed by atoms with Gasteiger partial charge in [0, 0.05) is 11.1 Å². The molecule has 0 saturated heterocycles. The summed E-state index contributed by atoms with van der Waals surface area (Å²) in [5.74, 6) is 2.32. The molecule has 0 aromatic carbocycles. The van der Waals surface area contributed by atoms with Crippen LogP contribution in [-0.2, 0) is 0 Å². The van der Waals surface area contributed by atoms with Crippen molar-refractivity contribution in [3.63, 3.8) is 0 Å². The Bertz CT molecular complexity index is 1510. The molecule has 0 atom stereocenters. The van der Waals surface area contributed by atoms with Crippen LogP contribution in [0, 0.1) is 69.0 Å². The second kappa shape index (κ2) is 7.75. The highest BCUT2D eigenvalue weighted by Crippen LogP contribution is 2.36. The van der Waals surface area contributed by atoms with Crippen LogP contribution in [0.1, 0.15) is 41.1 Å². The number of allylic oxidation sites excluding steroid dienone is 3. The summed E-state index contributed by atoms with van der Waals surface area (Å²) in [6.07, 6.45) is 5.37. The van der Waals surface area contributed by atoms with Gasteiger partial charge in [-0.1, -0.05) is 12.5 Å². The van der Waals surface area contributed by atoms with Crippen molar-refractivity contribution in [3.05, 3.63) is 52.0 Å². The quantitative estimate of drug-likeness (QED) is 0.509. The second-order valence-electron chi connectivity index (χ2n) is 5.85. The van der Waals surface area contributed by atoms with E-state index in [0.29, 0.717) is 0 Å². The second-order valence-corrected chi connectivity index (χ2v) is 5.85. The molecule has 2 heterocycles. The van der Waals surface area contributed by atoms with E-state index in [-0.39, 0.29) is 68.1 Å². The normalized spacial score (nSPS) is 13.1. The van der Waals surface area contributed by atoms with Gasteiger partial charge in [-0.15, -0.1) is 6.42 Å². The maximum absolute atomic E-state index is 9.44. The van der Waals surface area contributed by atoms with Gasteiger partial charge in [-0.05, 0) is 6.92 Å². The lowest BCUT2D eigenvalue weighted by molar-refractivity contribution is 1.05. The van der Waals surface area contributed by atoms with Crippen LogP contribution in [0.3, 0.4) is 0 Å². The Morgan fingerprint density at radius 1 is 0.774 bits per heavy atom. The maximum atomic E-state index is 9.44. The van der Waals surface area contributed by atoms with E-state index >= 15 is 0 Å². The van der Waals surface area contributed by atoms with Gasteiger partial charge in [0.05, 0.1) is 0 Å². The smallest absolute Gasteiger partial charge is 0.177 e. The number of aromatic nitrogens is 4. The Labute approximate surface area is 176 Å². The van der Waals surface area contributed by atoms with Crippen molar-refractivity contribution >= 4 is 11.3 Å². The average Bonchev–Trinajstić information content (AvgIpc) is 2.81. The lowest BCUT2D eigenvalue weighted by Crippen LogP contribution is -2.21. The van der Waals surface area contributed by atoms with E-state index in [0.717, 1.165) is 0 Å². The zero-order valence-electron chi connectivity index (χ0n) is 15.8. The van der Waals surface area contributed by atoms with Crippen LogP contribution in [0.4, 0.5) is 0 Å². The van der Waals surface area contributed by atoms with E-state index < -0.39 is 0 Å². The van der Waals surface area contributed by atoms with Crippen molar-refractivity contribution < 1.29 is 0 Å². The highest BCUT2D eigenvalue weighted by molar-refractivity contribution is 6.35. The van der Waals surface area contributed by atoms with E-state index in [1.807, 2.05) is 6.07 Å². The fourth-order valence-corrected chi connectivity index (χ4v) is 2.64. The first-order valence-electron chi connectivity index (χ1n) is 8.25. The Morgan fingerprint density at radius 2 is 1.19 bits per heavy atom. The van der Waals surface area contributed by atoms with E-state index in [1.165, 1.54) is 6.92 Å². The SMILES string of the molecule is C#C/C(C)=C(\C#N)N=C1C(=C)c2nc(C#N)c(C#N)nc2-c2nc(C#N)c(C#N)nc21. The number of terminal acetylenes is 1. The molecule has 0 saturated carbocycles. The van der Waals surface area contributed by atoms with Crippen molar-refractivity contribution in [2.75, 3.05) is 0 Å². The fraction of sp³-hybridized carbons (Fsp3) is 0.0476. The predicted molar refractivity (Wildman–Crippen MR) is 105 cm³/mol. The lowest BCUT2D eigenvalue weighted by Gasteiger charge is -2.21. The molecule has 10 heteroatoms. The molecule has 0 fully saturated rings. The Morgan fingerprint density at radius 3 is 1.61 bits per heavy atom. The van der Waals surface area contributed by atoms with Crippen LogP contribution in [0.5, 0.6) is 0 Å². The van der Waals surface area contributed by atoms with Gasteiger partial charge < -0.3 is 0 Å². The van der Waals surface area contributed by atoms with Gasteiger partial charge in [-0.3, -0.25) is 0 Å². The van der Waals surface area contributed by atoms with Gasteiger partial charge in [0.25, 0.3) is 0 Å². The van der Waals surface area contributed by atoms with Crippen LogP contribution < -0.4 is 0 Å². The zero-order valence-corrected chi connectivity index (χ0v) is 15.8. The standard InChI is InChI=1S/C21H6N10/c1-4-10(2)12(5-22)27-17-11(3)18-20(29-14(7-24)13(6-23)28-18)21-19(17)30-15(8-25)16(9-26)31-21/h1H,3H2,2H3/b12-10+,27-17?. The van der Waals surface area contributed by atoms with Crippen LogP contribution in [0.25, 0.3) is 17.0 Å². The molecule has 31 heavy (non-hydrogen) atoms. The highest BCUT2D eigenvalue weighted by atomic mass is 15.0. The largest absolute Gasteiger partial charge is 0.234 e. The van der Waals surface area contributed by atoms with E-state index in [2.05, 4.69) is 37.4 Å². The van der Waals surface area contributed by atoms with Gasteiger partial charge in [-0.2, -0.15) is 26.3 Å². The Balaban J connectivity index is 2.52. The first kappa shape index (κ1) is 20.1. The number of hydrogen-bond acceptors (Lipinski definition) is 10. The summed E-state index contributed by atoms with van der Waals surface area (Å²) >= 11 is 0. The summed E-state index contributed by atoms with van der Waals surface area (Å²) in [6.45, 7) is 5.43. The van der Waals surface area contributed by atoms with E-state index in [1.54, 1.807) is 24.3 Å². The summed E-state index contributed by atoms with van der Waals surface area (Å²) in [5, 5.41) is 46.7. The number of fused-ring (bicyclic) bond motifs is 3. The van der Waals surface area contributed by atoms with Crippen molar-refractivity contribution in [3.8, 4) is 54.1 Å². The molecule has 0 amide bonds. The molecule has 0 unspecified atom stereocenters. The van der Waals surface area contributed by atoms with Crippen molar-refractivity contribution in [2.24, 2.45) is 4.99 Å². The summed E-state index contributed by atoms with van der Waals surface area (Å²) in [4.78, 5) is 20.9. The van der Waals surface area contributed by atoms with Gasteiger partial charge in [0.15, 0.2) is 28.5 Å². The molecule has 2 aromatic heterocycles. The molecular formula is C21H6N10. The maximum Gasteiger partial charge on any atom is 0.177 e. The number of nitriles is 5. The number of hydrogen-bond donors (Lipinski definition) is 0. The number of nitrogens with zero attached hydrogens (tertiary/aromatic N) is 10. The minimum absolute atomic E-state index is 0.000778. The third kappa shape index (κ3) is 3.12. The predicted octanol–water partition coefficient (Wildman–Crippen LogP) is 1.67. The van der Waals surface area contributed by atoms with Crippen LogP contribution in [-0.4, -0.2) is 25.6 Å². The molecule has 0 radical (unpaired) electrons. The summed E-state index contributed by atoms with van der Waals surface area (Å²) < 4.78 is 0. The molecule has 0 bridgehead atoms. The third-order valence-corrected chi connectivity index (χ3v) is 4.14. The van der Waals surface area contributed by atoms with Gasteiger partial charge in [-0.25, -0.2) is 24.9 Å². The van der Waals surface area contributed by atoms with Crippen molar-refractivity contribution in [1.29, 1.82) is 26.3 Å². The average molecular weight is 398 g/mol. The van der Waals surface area contributed by atoms with E-state index in [4.69, 9.17) is 6.42 Å². The molecule has 0 N–H and O–H groups in total. The molecule has 1 aliphatic rings. The monoisotopic (exact) mass is 398 g/mol. The van der Waals surface area contributed by atoms with Gasteiger partial charge >= 0.3 is 0 Å². The molecule has 0 spiro atoms. The van der Waals surface area contributed by atoms with Gasteiger partial charge in [0.2, 0.25) is 0 Å². The third-order valence-electron chi connectivity index (χ3n) is 4.14. The lowest BCUT2D eigenvalue weighted by atomic mass is 9.92. The molecule has 3 rings (SSSR count). The first-order valence-corrected chi connectivity index (χ1v) is 8.25. The molecule has 140 valence electrons. The summed E-state index contributed by atoms with van der Waals surface area (Å²) in [6, 6.07) is 8.98. The molecule has 2 aromatic rings.